The highest BCUT2D eigenvalue weighted by Crippen LogP contribution is 2.30. The first kappa shape index (κ1) is 15.1. The largest absolute Gasteiger partial charge is 0.278 e. The fourth-order valence-corrected chi connectivity index (χ4v) is 4.40. The van der Waals surface area contributed by atoms with Gasteiger partial charge in [0.15, 0.2) is 0 Å². The third kappa shape index (κ3) is 3.04. The van der Waals surface area contributed by atoms with Crippen LogP contribution in [0.15, 0.2) is 45.8 Å². The van der Waals surface area contributed by atoms with E-state index in [2.05, 4.69) is 20.7 Å². The molecule has 0 unspecified atom stereocenters. The molecule has 2 aromatic rings. The molecular formula is C15H16BrNO2S. The quantitative estimate of drug-likeness (QED) is 0.899. The van der Waals surface area contributed by atoms with Crippen LogP contribution in [0, 0.1) is 20.8 Å². The van der Waals surface area contributed by atoms with Crippen LogP contribution < -0.4 is 4.72 Å². The Morgan fingerprint density at radius 1 is 1.00 bits per heavy atom. The molecule has 0 radical (unpaired) electrons. The number of rotatable bonds is 3. The Balaban J connectivity index is 2.47. The first-order valence-corrected chi connectivity index (χ1v) is 8.44. The zero-order valence-corrected chi connectivity index (χ0v) is 14.0. The van der Waals surface area contributed by atoms with Gasteiger partial charge in [-0.2, -0.15) is 0 Å². The average molecular weight is 354 g/mol. The third-order valence-corrected chi connectivity index (χ3v) is 5.19. The molecule has 0 aliphatic carbocycles. The predicted molar refractivity (Wildman–Crippen MR) is 85.6 cm³/mol. The number of hydrogen-bond donors (Lipinski definition) is 1. The van der Waals surface area contributed by atoms with Crippen LogP contribution in [-0.4, -0.2) is 8.42 Å². The summed E-state index contributed by atoms with van der Waals surface area (Å²) in [7, 11) is -3.58. The van der Waals surface area contributed by atoms with E-state index >= 15 is 0 Å². The normalized spacial score (nSPS) is 11.4. The Kier molecular flexibility index (Phi) is 4.20. The van der Waals surface area contributed by atoms with Crippen molar-refractivity contribution in [2.24, 2.45) is 0 Å². The van der Waals surface area contributed by atoms with Gasteiger partial charge in [-0.3, -0.25) is 4.72 Å². The van der Waals surface area contributed by atoms with E-state index in [9.17, 15) is 8.42 Å². The molecule has 0 aromatic heterocycles. The van der Waals surface area contributed by atoms with E-state index in [4.69, 9.17) is 0 Å². The van der Waals surface area contributed by atoms with E-state index in [1.165, 1.54) is 0 Å². The van der Waals surface area contributed by atoms with Crippen LogP contribution in [0.5, 0.6) is 0 Å². The molecule has 2 aromatic carbocycles. The molecule has 0 bridgehead atoms. The van der Waals surface area contributed by atoms with Gasteiger partial charge in [0.25, 0.3) is 10.0 Å². The van der Waals surface area contributed by atoms with Crippen LogP contribution in [0.3, 0.4) is 0 Å². The van der Waals surface area contributed by atoms with Crippen LogP contribution in [0.1, 0.15) is 16.7 Å². The number of aryl methyl sites for hydroxylation is 3. The van der Waals surface area contributed by atoms with Gasteiger partial charge in [-0.1, -0.05) is 24.3 Å². The SMILES string of the molecule is Cc1cc(C)c(NS(=O)(=O)c2ccccc2C)c(Br)c1. The zero-order valence-electron chi connectivity index (χ0n) is 11.6. The lowest BCUT2D eigenvalue weighted by Gasteiger charge is -2.14. The van der Waals surface area contributed by atoms with Gasteiger partial charge in [-0.15, -0.1) is 0 Å². The van der Waals surface area contributed by atoms with Crippen molar-refractivity contribution >= 4 is 31.6 Å². The molecule has 0 aliphatic heterocycles. The van der Waals surface area contributed by atoms with Crippen molar-refractivity contribution in [2.75, 3.05) is 4.72 Å². The van der Waals surface area contributed by atoms with Crippen LogP contribution >= 0.6 is 15.9 Å². The minimum absolute atomic E-state index is 0.298. The molecule has 0 heterocycles. The second-order valence-corrected chi connectivity index (χ2v) is 7.31. The fourth-order valence-electron chi connectivity index (χ4n) is 2.09. The lowest BCUT2D eigenvalue weighted by Crippen LogP contribution is -2.15. The van der Waals surface area contributed by atoms with E-state index < -0.39 is 10.0 Å². The van der Waals surface area contributed by atoms with Gasteiger partial charge >= 0.3 is 0 Å². The van der Waals surface area contributed by atoms with E-state index in [0.29, 0.717) is 10.6 Å². The highest BCUT2D eigenvalue weighted by atomic mass is 79.9. The molecule has 3 nitrogen and oxygen atoms in total. The second-order valence-electron chi connectivity index (χ2n) is 4.81. The topological polar surface area (TPSA) is 46.2 Å². The standard InChI is InChI=1S/C15H16BrNO2S/c1-10-8-12(3)15(13(16)9-10)17-20(18,19)14-7-5-4-6-11(14)2/h4-9,17H,1-3H3. The minimum Gasteiger partial charge on any atom is -0.278 e. The second kappa shape index (κ2) is 5.58. The van der Waals surface area contributed by atoms with Crippen molar-refractivity contribution in [3.05, 3.63) is 57.6 Å². The molecule has 0 aliphatic rings. The molecule has 20 heavy (non-hydrogen) atoms. The van der Waals surface area contributed by atoms with E-state index in [1.807, 2.05) is 32.0 Å². The van der Waals surface area contributed by atoms with E-state index in [-0.39, 0.29) is 0 Å². The first-order chi connectivity index (χ1) is 9.31. The highest BCUT2D eigenvalue weighted by molar-refractivity contribution is 9.10. The molecule has 0 spiro atoms. The Morgan fingerprint density at radius 3 is 2.25 bits per heavy atom. The Morgan fingerprint density at radius 2 is 1.65 bits per heavy atom. The lowest BCUT2D eigenvalue weighted by atomic mass is 10.1. The Hall–Kier alpha value is -1.33. The van der Waals surface area contributed by atoms with Crippen molar-refractivity contribution in [1.29, 1.82) is 0 Å². The summed E-state index contributed by atoms with van der Waals surface area (Å²) in [5.41, 5.74) is 3.27. The molecule has 0 amide bonds. The van der Waals surface area contributed by atoms with Crippen LogP contribution in [0.4, 0.5) is 5.69 Å². The maximum absolute atomic E-state index is 12.5. The number of nitrogens with one attached hydrogen (secondary N) is 1. The third-order valence-electron chi connectivity index (χ3n) is 3.05. The molecule has 106 valence electrons. The van der Waals surface area contributed by atoms with E-state index in [0.717, 1.165) is 21.2 Å². The summed E-state index contributed by atoms with van der Waals surface area (Å²) in [5, 5.41) is 0. The van der Waals surface area contributed by atoms with Crippen LogP contribution in [0.25, 0.3) is 0 Å². The average Bonchev–Trinajstić information content (AvgIpc) is 2.34. The Bertz CT molecular complexity index is 731. The molecule has 1 N–H and O–H groups in total. The maximum atomic E-state index is 12.5. The predicted octanol–water partition coefficient (Wildman–Crippen LogP) is 4.18. The van der Waals surface area contributed by atoms with Gasteiger partial charge in [0.2, 0.25) is 0 Å². The monoisotopic (exact) mass is 353 g/mol. The summed E-state index contributed by atoms with van der Waals surface area (Å²) in [5.74, 6) is 0. The van der Waals surface area contributed by atoms with Gasteiger partial charge in [-0.05, 0) is 65.5 Å². The summed E-state index contributed by atoms with van der Waals surface area (Å²) in [6, 6.07) is 10.8. The number of halogens is 1. The van der Waals surface area contributed by atoms with E-state index in [1.54, 1.807) is 25.1 Å². The number of hydrogen-bond acceptors (Lipinski definition) is 2. The van der Waals surface area contributed by atoms with Crippen molar-refractivity contribution in [3.63, 3.8) is 0 Å². The maximum Gasteiger partial charge on any atom is 0.262 e. The molecule has 2 rings (SSSR count). The van der Waals surface area contributed by atoms with Gasteiger partial charge in [0.1, 0.15) is 0 Å². The summed E-state index contributed by atoms with van der Waals surface area (Å²) in [6.45, 7) is 5.64. The van der Waals surface area contributed by atoms with Crippen LogP contribution in [0.2, 0.25) is 0 Å². The smallest absolute Gasteiger partial charge is 0.262 e. The van der Waals surface area contributed by atoms with Crippen molar-refractivity contribution in [3.8, 4) is 0 Å². The van der Waals surface area contributed by atoms with Gasteiger partial charge in [0.05, 0.1) is 10.6 Å². The molecule has 0 saturated carbocycles. The van der Waals surface area contributed by atoms with Crippen LogP contribution in [-0.2, 0) is 10.0 Å². The number of benzene rings is 2. The number of anilines is 1. The fraction of sp³-hybridized carbons (Fsp3) is 0.200. The zero-order chi connectivity index (χ0) is 14.9. The number of sulfonamides is 1. The molecule has 0 fully saturated rings. The lowest BCUT2D eigenvalue weighted by molar-refractivity contribution is 0.600. The summed E-state index contributed by atoms with van der Waals surface area (Å²) in [6.07, 6.45) is 0. The first-order valence-electron chi connectivity index (χ1n) is 6.16. The summed E-state index contributed by atoms with van der Waals surface area (Å²) < 4.78 is 28.4. The molecular weight excluding hydrogens is 338 g/mol. The van der Waals surface area contributed by atoms with Gasteiger partial charge < -0.3 is 0 Å². The summed E-state index contributed by atoms with van der Waals surface area (Å²) in [4.78, 5) is 0.298. The van der Waals surface area contributed by atoms with Crippen molar-refractivity contribution in [2.45, 2.75) is 25.7 Å². The highest BCUT2D eigenvalue weighted by Gasteiger charge is 2.18. The molecule has 0 atom stereocenters. The van der Waals surface area contributed by atoms with Gasteiger partial charge in [-0.25, -0.2) is 8.42 Å². The molecule has 5 heteroatoms. The van der Waals surface area contributed by atoms with Gasteiger partial charge in [0, 0.05) is 4.47 Å². The van der Waals surface area contributed by atoms with Crippen molar-refractivity contribution in [1.82, 2.24) is 0 Å². The minimum atomic E-state index is -3.58. The van der Waals surface area contributed by atoms with Crippen molar-refractivity contribution < 1.29 is 8.42 Å². The molecule has 0 saturated heterocycles. The Labute approximate surface area is 128 Å². The summed E-state index contributed by atoms with van der Waals surface area (Å²) >= 11 is 3.41.